The monoisotopic (exact) mass is 465 g/mol. The van der Waals surface area contributed by atoms with Crippen LogP contribution in [0.25, 0.3) is 11.5 Å². The first-order valence-electron chi connectivity index (χ1n) is 11.6. The zero-order valence-corrected chi connectivity index (χ0v) is 19.9. The zero-order valence-electron chi connectivity index (χ0n) is 19.9. The minimum absolute atomic E-state index is 0.0782. The molecule has 0 spiro atoms. The highest BCUT2D eigenvalue weighted by molar-refractivity contribution is 5.92. The molecule has 0 bridgehead atoms. The number of rotatable bonds is 9. The normalized spacial score (nSPS) is 18.0. The summed E-state index contributed by atoms with van der Waals surface area (Å²) < 4.78 is 28.2. The Morgan fingerprint density at radius 3 is 2.59 bits per heavy atom. The summed E-state index contributed by atoms with van der Waals surface area (Å²) in [6.45, 7) is 2.66. The van der Waals surface area contributed by atoms with Crippen molar-refractivity contribution in [1.82, 2.24) is 4.98 Å². The smallest absolute Gasteiger partial charge is 0.338 e. The molecule has 4 rings (SSSR count). The largest absolute Gasteiger partial charge is 0.497 e. The lowest BCUT2D eigenvalue weighted by Gasteiger charge is -2.29. The number of methoxy groups -OCH3 is 2. The molecule has 1 fully saturated rings. The molecule has 34 heavy (non-hydrogen) atoms. The fourth-order valence-corrected chi connectivity index (χ4v) is 4.32. The van der Waals surface area contributed by atoms with E-state index in [2.05, 4.69) is 4.98 Å². The van der Waals surface area contributed by atoms with E-state index in [0.29, 0.717) is 24.7 Å². The van der Waals surface area contributed by atoms with Gasteiger partial charge in [0.2, 0.25) is 5.89 Å². The highest BCUT2D eigenvalue weighted by Crippen LogP contribution is 2.27. The minimum Gasteiger partial charge on any atom is -0.497 e. The molecule has 3 aromatic rings. The molecule has 0 N–H and O–H groups in total. The number of benzene rings is 2. The third kappa shape index (κ3) is 5.85. The molecule has 1 aliphatic carbocycles. The minimum atomic E-state index is -0.331. The Hall–Kier alpha value is -3.16. The second-order valence-electron chi connectivity index (χ2n) is 8.51. The molecule has 1 saturated carbocycles. The van der Waals surface area contributed by atoms with Gasteiger partial charge in [0.05, 0.1) is 45.2 Å². The lowest BCUT2D eigenvalue weighted by atomic mass is 9.94. The molecule has 0 saturated heterocycles. The van der Waals surface area contributed by atoms with Gasteiger partial charge >= 0.3 is 5.97 Å². The maximum absolute atomic E-state index is 12.2. The quantitative estimate of drug-likeness (QED) is 0.387. The van der Waals surface area contributed by atoms with Crippen LogP contribution in [0.1, 0.15) is 52.9 Å². The Morgan fingerprint density at radius 2 is 1.82 bits per heavy atom. The number of oxazole rings is 1. The van der Waals surface area contributed by atoms with Crippen molar-refractivity contribution in [2.45, 2.75) is 58.0 Å². The summed E-state index contributed by atoms with van der Waals surface area (Å²) in [6.07, 6.45) is 5.60. The van der Waals surface area contributed by atoms with E-state index in [9.17, 15) is 4.79 Å². The Bertz CT molecular complexity index is 1110. The van der Waals surface area contributed by atoms with Crippen LogP contribution in [0, 0.1) is 6.92 Å². The summed E-state index contributed by atoms with van der Waals surface area (Å²) in [4.78, 5) is 16.7. The average Bonchev–Trinajstić information content (AvgIpc) is 3.35. The van der Waals surface area contributed by atoms with Gasteiger partial charge in [-0.3, -0.25) is 0 Å². The number of nitrogens with zero attached hydrogens (tertiary/aromatic N) is 1. The van der Waals surface area contributed by atoms with Crippen molar-refractivity contribution in [2.75, 3.05) is 14.2 Å². The molecule has 0 aliphatic heterocycles. The number of carbonyl (C=O) groups excluding carboxylic acids is 1. The molecule has 2 atom stereocenters. The molecule has 7 heteroatoms. The van der Waals surface area contributed by atoms with Crippen LogP contribution in [0.5, 0.6) is 5.75 Å². The van der Waals surface area contributed by atoms with E-state index in [1.54, 1.807) is 13.4 Å². The van der Waals surface area contributed by atoms with Crippen LogP contribution in [-0.2, 0) is 27.4 Å². The topological polar surface area (TPSA) is 80.0 Å². The summed E-state index contributed by atoms with van der Waals surface area (Å²) in [6, 6.07) is 13.4. The third-order valence-electron chi connectivity index (χ3n) is 6.14. The van der Waals surface area contributed by atoms with E-state index >= 15 is 0 Å². The highest BCUT2D eigenvalue weighted by Gasteiger charge is 2.24. The van der Waals surface area contributed by atoms with Crippen molar-refractivity contribution >= 4 is 5.97 Å². The molecular weight excluding hydrogens is 434 g/mol. The number of aryl methyl sites for hydroxylation is 1. The van der Waals surface area contributed by atoms with Gasteiger partial charge in [-0.1, -0.05) is 24.3 Å². The van der Waals surface area contributed by atoms with Gasteiger partial charge in [0.25, 0.3) is 0 Å². The lowest BCUT2D eigenvalue weighted by molar-refractivity contribution is -0.0563. The summed E-state index contributed by atoms with van der Waals surface area (Å²) in [5.74, 6) is 0.968. The second kappa shape index (κ2) is 11.3. The van der Waals surface area contributed by atoms with E-state index in [0.717, 1.165) is 53.8 Å². The van der Waals surface area contributed by atoms with Crippen molar-refractivity contribution in [3.8, 4) is 17.2 Å². The van der Waals surface area contributed by atoms with Gasteiger partial charge in [0, 0.05) is 5.56 Å². The molecule has 1 heterocycles. The van der Waals surface area contributed by atoms with Gasteiger partial charge in [-0.05, 0) is 61.9 Å². The lowest BCUT2D eigenvalue weighted by Crippen LogP contribution is -2.28. The Balaban J connectivity index is 1.30. The number of aromatic nitrogens is 1. The predicted octanol–water partition coefficient (Wildman–Crippen LogP) is 5.49. The Kier molecular flexibility index (Phi) is 7.98. The van der Waals surface area contributed by atoms with Crippen LogP contribution < -0.4 is 4.74 Å². The molecule has 7 nitrogen and oxygen atoms in total. The average molecular weight is 466 g/mol. The van der Waals surface area contributed by atoms with Crippen LogP contribution in [0.3, 0.4) is 0 Å². The summed E-state index contributed by atoms with van der Waals surface area (Å²) in [5, 5.41) is 0. The first kappa shape index (κ1) is 24.0. The van der Waals surface area contributed by atoms with E-state index < -0.39 is 0 Å². The molecular formula is C27H31NO6. The number of hydrogen-bond acceptors (Lipinski definition) is 7. The van der Waals surface area contributed by atoms with Crippen molar-refractivity contribution in [2.24, 2.45) is 0 Å². The molecule has 2 unspecified atom stereocenters. The highest BCUT2D eigenvalue weighted by atomic mass is 16.5. The number of carbonyl (C=O) groups is 1. The third-order valence-corrected chi connectivity index (χ3v) is 6.14. The van der Waals surface area contributed by atoms with Gasteiger partial charge in [-0.25, -0.2) is 9.78 Å². The van der Waals surface area contributed by atoms with Crippen LogP contribution >= 0.6 is 0 Å². The number of ether oxygens (including phenoxy) is 4. The standard InChI is InChI=1S/C27H31NO6/c1-18-7-4-9-20(25(18)27(29)31-3)15-32-23-11-6-12-24(14-23)33-16-21-17-34-26(28-21)19-8-5-10-22(13-19)30-2/h4-5,7-10,13,17,23-24H,6,11-12,14-16H2,1-3H3. The molecule has 1 aromatic heterocycles. The fraction of sp³-hybridized carbons (Fsp3) is 0.407. The van der Waals surface area contributed by atoms with Crippen LogP contribution in [0.15, 0.2) is 53.1 Å². The van der Waals surface area contributed by atoms with E-state index in [1.165, 1.54) is 7.11 Å². The van der Waals surface area contributed by atoms with Crippen molar-refractivity contribution in [3.05, 3.63) is 71.1 Å². The first-order valence-corrected chi connectivity index (χ1v) is 11.6. The molecule has 180 valence electrons. The van der Waals surface area contributed by atoms with Gasteiger partial charge < -0.3 is 23.4 Å². The molecule has 2 aromatic carbocycles. The molecule has 0 radical (unpaired) electrons. The van der Waals surface area contributed by atoms with Gasteiger partial charge in [0.1, 0.15) is 17.7 Å². The predicted molar refractivity (Wildman–Crippen MR) is 127 cm³/mol. The van der Waals surface area contributed by atoms with Crippen molar-refractivity contribution in [1.29, 1.82) is 0 Å². The summed E-state index contributed by atoms with van der Waals surface area (Å²) >= 11 is 0. The Morgan fingerprint density at radius 1 is 1.06 bits per heavy atom. The van der Waals surface area contributed by atoms with Gasteiger partial charge in [-0.2, -0.15) is 0 Å². The zero-order chi connectivity index (χ0) is 23.9. The molecule has 1 aliphatic rings. The summed E-state index contributed by atoms with van der Waals surface area (Å²) in [5.41, 5.74) is 3.94. The number of hydrogen-bond donors (Lipinski definition) is 0. The van der Waals surface area contributed by atoms with Crippen LogP contribution in [0.2, 0.25) is 0 Å². The molecule has 0 amide bonds. The maximum atomic E-state index is 12.2. The van der Waals surface area contributed by atoms with Crippen molar-refractivity contribution in [3.63, 3.8) is 0 Å². The van der Waals surface area contributed by atoms with Gasteiger partial charge in [0.15, 0.2) is 0 Å². The Labute approximate surface area is 200 Å². The second-order valence-corrected chi connectivity index (χ2v) is 8.51. The van der Waals surface area contributed by atoms with E-state index in [-0.39, 0.29) is 18.2 Å². The van der Waals surface area contributed by atoms with E-state index in [1.807, 2.05) is 49.4 Å². The first-order chi connectivity index (χ1) is 16.6. The van der Waals surface area contributed by atoms with E-state index in [4.69, 9.17) is 23.4 Å². The number of esters is 1. The SMILES string of the molecule is COC(=O)c1c(C)cccc1COC1CCCC(OCc2coc(-c3cccc(OC)c3)n2)C1. The van der Waals surface area contributed by atoms with Gasteiger partial charge in [-0.15, -0.1) is 0 Å². The van der Waals surface area contributed by atoms with Crippen LogP contribution in [-0.4, -0.2) is 37.4 Å². The fourth-order valence-electron chi connectivity index (χ4n) is 4.32. The maximum Gasteiger partial charge on any atom is 0.338 e. The van der Waals surface area contributed by atoms with Crippen LogP contribution in [0.4, 0.5) is 0 Å². The van der Waals surface area contributed by atoms with Crippen molar-refractivity contribution < 1.29 is 28.2 Å². The summed E-state index contributed by atoms with van der Waals surface area (Å²) in [7, 11) is 3.03.